The lowest BCUT2D eigenvalue weighted by Crippen LogP contribution is -2.50. The third-order valence-electron chi connectivity index (χ3n) is 4.18. The summed E-state index contributed by atoms with van der Waals surface area (Å²) in [7, 11) is 1.62. The van der Waals surface area contributed by atoms with Crippen molar-refractivity contribution in [3.8, 4) is 5.75 Å². The van der Waals surface area contributed by atoms with Crippen molar-refractivity contribution in [2.24, 2.45) is 10.1 Å². The van der Waals surface area contributed by atoms with Gasteiger partial charge in [-0.2, -0.15) is 0 Å². The van der Waals surface area contributed by atoms with Gasteiger partial charge in [0, 0.05) is 15.3 Å². The number of fused-ring (bicyclic) bond motifs is 2. The van der Waals surface area contributed by atoms with Gasteiger partial charge in [-0.1, -0.05) is 45.9 Å². The summed E-state index contributed by atoms with van der Waals surface area (Å²) in [6, 6.07) is 13.3. The monoisotopic (exact) mass is 430 g/mol. The Balaban J connectivity index is 2.01. The number of benzene rings is 2. The Morgan fingerprint density at radius 3 is 2.85 bits per heavy atom. The molecule has 1 atom stereocenters. The van der Waals surface area contributed by atoms with E-state index >= 15 is 0 Å². The highest BCUT2D eigenvalue weighted by molar-refractivity contribution is 9.10. The van der Waals surface area contributed by atoms with Crippen molar-refractivity contribution in [3.63, 3.8) is 0 Å². The summed E-state index contributed by atoms with van der Waals surface area (Å²) in [5, 5.41) is 11.2. The molecule has 26 heavy (non-hydrogen) atoms. The number of thioether (sulfide) groups is 1. The van der Waals surface area contributed by atoms with Gasteiger partial charge in [0.1, 0.15) is 11.4 Å². The van der Waals surface area contributed by atoms with Crippen molar-refractivity contribution < 1.29 is 9.53 Å². The minimum absolute atomic E-state index is 0.189. The molecule has 0 fully saturated rings. The van der Waals surface area contributed by atoms with Gasteiger partial charge in [0.05, 0.1) is 12.5 Å². The van der Waals surface area contributed by atoms with Crippen LogP contribution in [0.1, 0.15) is 11.7 Å². The van der Waals surface area contributed by atoms with Crippen molar-refractivity contribution in [3.05, 3.63) is 63.1 Å². The number of ether oxygens (including phenoxy) is 1. The Kier molecular flexibility index (Phi) is 4.46. The van der Waals surface area contributed by atoms with Gasteiger partial charge < -0.3 is 4.74 Å². The predicted octanol–water partition coefficient (Wildman–Crippen LogP) is 1.96. The van der Waals surface area contributed by atoms with Crippen LogP contribution in [0.15, 0.2) is 57.0 Å². The molecule has 1 amide bonds. The highest BCUT2D eigenvalue weighted by Gasteiger charge is 2.35. The number of nitrogens with zero attached hydrogens (tertiary/aromatic N) is 3. The van der Waals surface area contributed by atoms with Crippen LogP contribution in [0.3, 0.4) is 0 Å². The second-order valence-electron chi connectivity index (χ2n) is 5.66. The maximum atomic E-state index is 12.8. The van der Waals surface area contributed by atoms with E-state index in [9.17, 15) is 4.79 Å². The SMILES string of the molecule is COc1ccc(Br)cc1C1N=c2ccccc2=C2C(=O)NC(SC)=NN21. The maximum Gasteiger partial charge on any atom is 0.276 e. The molecule has 0 saturated carbocycles. The number of hydrazone groups is 1. The predicted molar refractivity (Wildman–Crippen MR) is 105 cm³/mol. The summed E-state index contributed by atoms with van der Waals surface area (Å²) in [6.45, 7) is 0. The van der Waals surface area contributed by atoms with Crippen molar-refractivity contribution in [1.82, 2.24) is 10.3 Å². The summed E-state index contributed by atoms with van der Waals surface area (Å²) in [4.78, 5) is 17.7. The Morgan fingerprint density at radius 1 is 1.27 bits per heavy atom. The van der Waals surface area contributed by atoms with Crippen LogP contribution in [-0.2, 0) is 4.79 Å². The Labute approximate surface area is 162 Å². The largest absolute Gasteiger partial charge is 0.496 e. The van der Waals surface area contributed by atoms with E-state index in [0.717, 1.165) is 20.6 Å². The number of halogens is 1. The number of methoxy groups -OCH3 is 1. The van der Waals surface area contributed by atoms with Gasteiger partial charge in [-0.05, 0) is 30.5 Å². The second kappa shape index (κ2) is 6.77. The Hall–Kier alpha value is -2.32. The van der Waals surface area contributed by atoms with Crippen LogP contribution in [0.25, 0.3) is 5.70 Å². The summed E-state index contributed by atoms with van der Waals surface area (Å²) in [5.74, 6) is 0.498. The van der Waals surface area contributed by atoms with Gasteiger partial charge in [-0.15, -0.1) is 5.10 Å². The van der Waals surface area contributed by atoms with Crippen LogP contribution in [0.5, 0.6) is 5.75 Å². The maximum absolute atomic E-state index is 12.8. The molecule has 2 aliphatic heterocycles. The molecule has 4 rings (SSSR count). The fourth-order valence-corrected chi connectivity index (χ4v) is 3.77. The van der Waals surface area contributed by atoms with Gasteiger partial charge in [-0.25, -0.2) is 5.01 Å². The van der Waals surface area contributed by atoms with Crippen LogP contribution >= 0.6 is 27.7 Å². The normalized spacial score (nSPS) is 18.3. The molecule has 2 aromatic rings. The fourth-order valence-electron chi connectivity index (χ4n) is 3.03. The van der Waals surface area contributed by atoms with Crippen LogP contribution in [0.4, 0.5) is 0 Å². The number of hydrogen-bond donors (Lipinski definition) is 1. The van der Waals surface area contributed by atoms with Gasteiger partial charge in [0.25, 0.3) is 5.91 Å². The first-order chi connectivity index (χ1) is 12.6. The number of carbonyl (C=O) groups is 1. The lowest BCUT2D eigenvalue weighted by Gasteiger charge is -2.34. The molecule has 0 aliphatic carbocycles. The number of nitrogens with one attached hydrogen (secondary N) is 1. The van der Waals surface area contributed by atoms with Crippen LogP contribution in [0.2, 0.25) is 0 Å². The molecule has 1 N–H and O–H groups in total. The van der Waals surface area contributed by atoms with Gasteiger partial charge in [0.15, 0.2) is 11.3 Å². The zero-order chi connectivity index (χ0) is 18.3. The Bertz CT molecular complexity index is 1050. The van der Waals surface area contributed by atoms with Crippen molar-refractivity contribution >= 4 is 44.5 Å². The average molecular weight is 431 g/mol. The summed E-state index contributed by atoms with van der Waals surface area (Å²) in [6.07, 6.45) is 1.37. The number of hydrogen-bond acceptors (Lipinski definition) is 6. The van der Waals surface area contributed by atoms with Crippen LogP contribution in [-0.4, -0.2) is 29.4 Å². The molecule has 0 spiro atoms. The molecule has 1 unspecified atom stereocenters. The molecule has 0 saturated heterocycles. The summed E-state index contributed by atoms with van der Waals surface area (Å²) in [5.41, 5.74) is 1.31. The van der Waals surface area contributed by atoms with Gasteiger partial charge in [-0.3, -0.25) is 15.1 Å². The van der Waals surface area contributed by atoms with E-state index in [1.165, 1.54) is 11.8 Å². The molecule has 2 aromatic carbocycles. The molecule has 0 radical (unpaired) electrons. The number of para-hydroxylation sites is 1. The smallest absolute Gasteiger partial charge is 0.276 e. The van der Waals surface area contributed by atoms with Crippen molar-refractivity contribution in [1.29, 1.82) is 0 Å². The molecule has 0 bridgehead atoms. The number of amides is 1. The van der Waals surface area contributed by atoms with E-state index in [2.05, 4.69) is 26.3 Å². The van der Waals surface area contributed by atoms with E-state index in [-0.39, 0.29) is 5.91 Å². The summed E-state index contributed by atoms with van der Waals surface area (Å²) < 4.78 is 6.43. The molecule has 132 valence electrons. The molecule has 8 heteroatoms. The molecule has 2 aliphatic rings. The molecule has 2 heterocycles. The van der Waals surface area contributed by atoms with Crippen LogP contribution < -0.4 is 20.6 Å². The highest BCUT2D eigenvalue weighted by atomic mass is 79.9. The average Bonchev–Trinajstić information content (AvgIpc) is 2.66. The first kappa shape index (κ1) is 17.1. The Morgan fingerprint density at radius 2 is 2.08 bits per heavy atom. The zero-order valence-corrected chi connectivity index (χ0v) is 16.5. The lowest BCUT2D eigenvalue weighted by molar-refractivity contribution is -0.116. The highest BCUT2D eigenvalue weighted by Crippen LogP contribution is 2.36. The van der Waals surface area contributed by atoms with E-state index in [1.54, 1.807) is 12.1 Å². The molecule has 6 nitrogen and oxygen atoms in total. The molecular formula is C18H15BrN4O2S. The number of amidine groups is 1. The fraction of sp³-hybridized carbons (Fsp3) is 0.167. The first-order valence-corrected chi connectivity index (χ1v) is 9.88. The zero-order valence-electron chi connectivity index (χ0n) is 14.1. The summed E-state index contributed by atoms with van der Waals surface area (Å²) >= 11 is 4.89. The van der Waals surface area contributed by atoms with Crippen molar-refractivity contribution in [2.45, 2.75) is 6.17 Å². The van der Waals surface area contributed by atoms with Crippen molar-refractivity contribution in [2.75, 3.05) is 13.4 Å². The number of rotatable bonds is 2. The third-order valence-corrected chi connectivity index (χ3v) is 5.24. The van der Waals surface area contributed by atoms with Gasteiger partial charge in [0.2, 0.25) is 0 Å². The second-order valence-corrected chi connectivity index (χ2v) is 7.37. The first-order valence-electron chi connectivity index (χ1n) is 7.86. The lowest BCUT2D eigenvalue weighted by atomic mass is 10.1. The topological polar surface area (TPSA) is 66.3 Å². The molecule has 0 aromatic heterocycles. The van der Waals surface area contributed by atoms with E-state index in [4.69, 9.17) is 9.73 Å². The standard InChI is InChI=1S/C18H15BrN4O2S/c1-25-14-8-7-10(19)9-12(14)16-20-13-6-4-3-5-11(13)15-17(24)21-18(26-2)22-23(15)16/h3-9,16H,1-2H3,(H,21,22,24). The number of carbonyl (C=O) groups excluding carboxylic acids is 1. The minimum Gasteiger partial charge on any atom is -0.496 e. The quantitative estimate of drug-likeness (QED) is 0.790. The van der Waals surface area contributed by atoms with E-state index in [1.807, 2.05) is 48.7 Å². The van der Waals surface area contributed by atoms with E-state index < -0.39 is 6.17 Å². The minimum atomic E-state index is -0.499. The van der Waals surface area contributed by atoms with Crippen LogP contribution in [0, 0.1) is 0 Å². The van der Waals surface area contributed by atoms with E-state index in [0.29, 0.717) is 16.6 Å². The molecular weight excluding hydrogens is 416 g/mol. The van der Waals surface area contributed by atoms with Gasteiger partial charge >= 0.3 is 0 Å². The third kappa shape index (κ3) is 2.79.